The quantitative estimate of drug-likeness (QED) is 0.807. The zero-order valence-electron chi connectivity index (χ0n) is 15.6. The van der Waals surface area contributed by atoms with Gasteiger partial charge in [-0.05, 0) is 50.3 Å². The van der Waals surface area contributed by atoms with E-state index in [4.69, 9.17) is 4.74 Å². The van der Waals surface area contributed by atoms with Crippen LogP contribution in [-0.4, -0.2) is 48.1 Å². The zero-order chi connectivity index (χ0) is 19.2. The Kier molecular flexibility index (Phi) is 4.34. The van der Waals surface area contributed by atoms with Crippen LogP contribution >= 0.6 is 0 Å². The number of carbonyl (C=O) groups is 2. The van der Waals surface area contributed by atoms with Crippen molar-refractivity contribution in [2.45, 2.75) is 49.7 Å². The molecule has 1 unspecified atom stereocenters. The predicted octanol–water partition coefficient (Wildman–Crippen LogP) is 2.23. The van der Waals surface area contributed by atoms with E-state index in [1.54, 1.807) is 11.0 Å². The van der Waals surface area contributed by atoms with Gasteiger partial charge in [0.05, 0.1) is 24.6 Å². The summed E-state index contributed by atoms with van der Waals surface area (Å²) in [6.07, 6.45) is 4.33. The lowest BCUT2D eigenvalue weighted by Gasteiger charge is -2.47. The van der Waals surface area contributed by atoms with Crippen LogP contribution in [0.1, 0.15) is 36.8 Å². The summed E-state index contributed by atoms with van der Waals surface area (Å²) in [5, 5.41) is 2.97. The molecule has 1 aromatic carbocycles. The Labute approximate surface area is 158 Å². The number of benzene rings is 1. The van der Waals surface area contributed by atoms with Gasteiger partial charge >= 0.3 is 0 Å². The highest BCUT2D eigenvalue weighted by atomic mass is 19.1. The third-order valence-electron chi connectivity index (χ3n) is 6.10. The molecule has 1 saturated carbocycles. The molecule has 3 fully saturated rings. The summed E-state index contributed by atoms with van der Waals surface area (Å²) in [7, 11) is 0. The van der Waals surface area contributed by atoms with Crippen molar-refractivity contribution in [1.29, 1.82) is 0 Å². The highest BCUT2D eigenvalue weighted by Crippen LogP contribution is 2.49. The van der Waals surface area contributed by atoms with E-state index in [9.17, 15) is 14.0 Å². The maximum Gasteiger partial charge on any atom is 0.246 e. The first-order chi connectivity index (χ1) is 12.9. The van der Waals surface area contributed by atoms with Gasteiger partial charge in [-0.3, -0.25) is 9.59 Å². The lowest BCUT2D eigenvalue weighted by atomic mass is 9.90. The largest absolute Gasteiger partial charge is 0.366 e. The molecular formula is C21H25FN2O3. The molecule has 4 rings (SSSR count). The molecule has 5 nitrogen and oxygen atoms in total. The van der Waals surface area contributed by atoms with Crippen molar-refractivity contribution in [3.8, 4) is 0 Å². The van der Waals surface area contributed by atoms with Gasteiger partial charge in [0.1, 0.15) is 11.4 Å². The summed E-state index contributed by atoms with van der Waals surface area (Å²) < 4.78 is 20.5. The van der Waals surface area contributed by atoms with Gasteiger partial charge in [-0.15, -0.1) is 0 Å². The fraction of sp³-hybridized carbons (Fsp3) is 0.524. The number of rotatable bonds is 5. The fourth-order valence-corrected chi connectivity index (χ4v) is 4.33. The summed E-state index contributed by atoms with van der Waals surface area (Å²) >= 11 is 0. The molecule has 2 aliphatic heterocycles. The normalized spacial score (nSPS) is 24.4. The second kappa shape index (κ2) is 6.44. The van der Waals surface area contributed by atoms with Crippen molar-refractivity contribution in [3.05, 3.63) is 47.8 Å². The lowest BCUT2D eigenvalue weighted by Crippen LogP contribution is -2.63. The van der Waals surface area contributed by atoms with Crippen LogP contribution in [0.4, 0.5) is 4.39 Å². The second-order valence-corrected chi connectivity index (χ2v) is 8.14. The monoisotopic (exact) mass is 372 g/mol. The van der Waals surface area contributed by atoms with Gasteiger partial charge in [0.2, 0.25) is 11.8 Å². The maximum absolute atomic E-state index is 14.3. The topological polar surface area (TPSA) is 58.6 Å². The van der Waals surface area contributed by atoms with E-state index in [0.29, 0.717) is 38.0 Å². The molecule has 2 amide bonds. The molecule has 2 heterocycles. The molecule has 0 bridgehead atoms. The highest BCUT2D eigenvalue weighted by molar-refractivity contribution is 5.91. The minimum Gasteiger partial charge on any atom is -0.366 e. The smallest absolute Gasteiger partial charge is 0.246 e. The van der Waals surface area contributed by atoms with Crippen molar-refractivity contribution in [3.63, 3.8) is 0 Å². The molecule has 27 heavy (non-hydrogen) atoms. The Morgan fingerprint density at radius 2 is 2.11 bits per heavy atom. The van der Waals surface area contributed by atoms with Crippen molar-refractivity contribution in [2.24, 2.45) is 0 Å². The molecule has 0 radical (unpaired) electrons. The van der Waals surface area contributed by atoms with Crippen LogP contribution in [-0.2, 0) is 19.7 Å². The standard InChI is InChI=1S/C21H25FN2O3/c1-3-18(25)24-12-20(13-24)7-6-15(27-20)11-23-19(26)21(8-9-21)16-5-4-14(2)10-17(16)22/h3-5,10,15H,1,6-9,11-13H2,2H3,(H,23,26). The molecule has 6 heteroatoms. The molecule has 144 valence electrons. The van der Waals surface area contributed by atoms with Gasteiger partial charge in [0.25, 0.3) is 0 Å². The Hall–Kier alpha value is -2.21. The van der Waals surface area contributed by atoms with Gasteiger partial charge in [0, 0.05) is 12.1 Å². The van der Waals surface area contributed by atoms with Crippen LogP contribution in [0.5, 0.6) is 0 Å². The molecule has 3 aliphatic rings. The minimum absolute atomic E-state index is 0.0615. The summed E-state index contributed by atoms with van der Waals surface area (Å²) in [6, 6.07) is 5.07. The first-order valence-corrected chi connectivity index (χ1v) is 9.52. The fourth-order valence-electron chi connectivity index (χ4n) is 4.33. The van der Waals surface area contributed by atoms with Crippen molar-refractivity contribution >= 4 is 11.8 Å². The molecule has 1 atom stereocenters. The lowest BCUT2D eigenvalue weighted by molar-refractivity contribution is -0.160. The van der Waals surface area contributed by atoms with Gasteiger partial charge in [-0.1, -0.05) is 18.7 Å². The van der Waals surface area contributed by atoms with E-state index in [0.717, 1.165) is 18.4 Å². The number of nitrogens with zero attached hydrogens (tertiary/aromatic N) is 1. The number of aryl methyl sites for hydroxylation is 1. The van der Waals surface area contributed by atoms with E-state index in [1.807, 2.05) is 13.0 Å². The van der Waals surface area contributed by atoms with Crippen molar-refractivity contribution in [1.82, 2.24) is 10.2 Å². The molecule has 1 aromatic rings. The average Bonchev–Trinajstić information content (AvgIpc) is 3.30. The van der Waals surface area contributed by atoms with E-state index in [1.165, 1.54) is 12.1 Å². The van der Waals surface area contributed by atoms with E-state index < -0.39 is 5.41 Å². The molecule has 1 N–H and O–H groups in total. The SMILES string of the molecule is C=CC(=O)N1CC2(CCC(CNC(=O)C3(c4ccc(C)cc4F)CC3)O2)C1. The van der Waals surface area contributed by atoms with E-state index in [2.05, 4.69) is 11.9 Å². The molecule has 0 aromatic heterocycles. The summed E-state index contributed by atoms with van der Waals surface area (Å²) in [6.45, 7) is 6.93. The number of hydrogen-bond donors (Lipinski definition) is 1. The van der Waals surface area contributed by atoms with Crippen LogP contribution in [0.25, 0.3) is 0 Å². The van der Waals surface area contributed by atoms with Crippen molar-refractivity contribution in [2.75, 3.05) is 19.6 Å². The zero-order valence-corrected chi connectivity index (χ0v) is 15.6. The Balaban J connectivity index is 1.32. The molecule has 1 spiro atoms. The number of likely N-dealkylation sites (tertiary alicyclic amines) is 1. The van der Waals surface area contributed by atoms with Crippen LogP contribution in [0.15, 0.2) is 30.9 Å². The number of hydrogen-bond acceptors (Lipinski definition) is 3. The van der Waals surface area contributed by atoms with Gasteiger partial charge in [-0.2, -0.15) is 0 Å². The Morgan fingerprint density at radius 3 is 2.74 bits per heavy atom. The van der Waals surface area contributed by atoms with E-state index in [-0.39, 0.29) is 29.3 Å². The predicted molar refractivity (Wildman–Crippen MR) is 98.7 cm³/mol. The molecule has 1 aliphatic carbocycles. The first kappa shape index (κ1) is 18.2. The van der Waals surface area contributed by atoms with Gasteiger partial charge in [0.15, 0.2) is 0 Å². The maximum atomic E-state index is 14.3. The van der Waals surface area contributed by atoms with Crippen LogP contribution in [0.3, 0.4) is 0 Å². The minimum atomic E-state index is -0.724. The van der Waals surface area contributed by atoms with Gasteiger partial charge in [-0.25, -0.2) is 4.39 Å². The molecular weight excluding hydrogens is 347 g/mol. The number of nitrogens with one attached hydrogen (secondary N) is 1. The molecule has 2 saturated heterocycles. The second-order valence-electron chi connectivity index (χ2n) is 8.14. The number of amides is 2. The van der Waals surface area contributed by atoms with Crippen LogP contribution in [0, 0.1) is 12.7 Å². The van der Waals surface area contributed by atoms with Gasteiger partial charge < -0.3 is 15.0 Å². The number of halogens is 1. The van der Waals surface area contributed by atoms with E-state index >= 15 is 0 Å². The van der Waals surface area contributed by atoms with Crippen molar-refractivity contribution < 1.29 is 18.7 Å². The van der Waals surface area contributed by atoms with Crippen LogP contribution in [0.2, 0.25) is 0 Å². The summed E-state index contributed by atoms with van der Waals surface area (Å²) in [5.41, 5.74) is 0.347. The highest BCUT2D eigenvalue weighted by Gasteiger charge is 2.54. The number of carbonyl (C=O) groups excluding carboxylic acids is 2. The Bertz CT molecular complexity index is 797. The summed E-state index contributed by atoms with van der Waals surface area (Å²) in [4.78, 5) is 26.1. The Morgan fingerprint density at radius 1 is 1.37 bits per heavy atom. The first-order valence-electron chi connectivity index (χ1n) is 9.52. The average molecular weight is 372 g/mol. The van der Waals surface area contributed by atoms with Crippen LogP contribution < -0.4 is 5.32 Å². The third-order valence-corrected chi connectivity index (χ3v) is 6.10. The number of ether oxygens (including phenoxy) is 1. The third kappa shape index (κ3) is 3.16. The summed E-state index contributed by atoms with van der Waals surface area (Å²) in [5.74, 6) is -0.496.